The molecule has 12 nitrogen and oxygen atoms in total. The number of primary amides is 2. The average molecular weight is 394 g/mol. The van der Waals surface area contributed by atoms with E-state index in [0.717, 1.165) is 0 Å². The molecular formula is C16H26N8O4. The second-order valence-corrected chi connectivity index (χ2v) is 7.14. The molecule has 0 spiro atoms. The molecule has 1 aromatic heterocycles. The molecule has 12 heteroatoms. The first-order valence-electron chi connectivity index (χ1n) is 9.00. The number of nitrogens with two attached hydrogens (primary N) is 2. The lowest BCUT2D eigenvalue weighted by atomic mass is 10.0. The van der Waals surface area contributed by atoms with Gasteiger partial charge in [-0.1, -0.05) is 13.8 Å². The van der Waals surface area contributed by atoms with Gasteiger partial charge in [0, 0.05) is 12.1 Å². The van der Waals surface area contributed by atoms with E-state index in [1.807, 2.05) is 13.8 Å². The molecule has 3 atom stereocenters. The second kappa shape index (κ2) is 9.15. The van der Waals surface area contributed by atoms with E-state index in [0.29, 0.717) is 19.3 Å². The normalized spacial score (nSPS) is 19.8. The maximum atomic E-state index is 12.4. The summed E-state index contributed by atoms with van der Waals surface area (Å²) in [5.74, 6) is -1.61. The summed E-state index contributed by atoms with van der Waals surface area (Å²) in [5.41, 5.74) is 10.2. The molecule has 1 saturated carbocycles. The zero-order valence-electron chi connectivity index (χ0n) is 15.8. The predicted molar refractivity (Wildman–Crippen MR) is 97.6 cm³/mol. The maximum Gasteiger partial charge on any atom is 0.312 e. The number of carbonyl (C=O) groups excluding carboxylic acids is 4. The lowest BCUT2D eigenvalue weighted by Gasteiger charge is -2.23. The van der Waals surface area contributed by atoms with E-state index in [2.05, 4.69) is 26.0 Å². The van der Waals surface area contributed by atoms with Crippen LogP contribution in [0.15, 0.2) is 6.33 Å². The van der Waals surface area contributed by atoms with Gasteiger partial charge in [-0.15, -0.1) is 5.10 Å². The van der Waals surface area contributed by atoms with Gasteiger partial charge in [0.2, 0.25) is 17.6 Å². The van der Waals surface area contributed by atoms with Gasteiger partial charge >= 0.3 is 6.03 Å². The van der Waals surface area contributed by atoms with E-state index in [1.165, 1.54) is 11.0 Å². The van der Waals surface area contributed by atoms with E-state index in [4.69, 9.17) is 11.5 Å². The quantitative estimate of drug-likeness (QED) is 0.347. The first kappa shape index (κ1) is 21.1. The highest BCUT2D eigenvalue weighted by Crippen LogP contribution is 2.19. The highest BCUT2D eigenvalue weighted by molar-refractivity contribution is 5.88. The van der Waals surface area contributed by atoms with Crippen LogP contribution in [0.25, 0.3) is 0 Å². The summed E-state index contributed by atoms with van der Waals surface area (Å²) in [5, 5.41) is 12.0. The number of urea groups is 1. The minimum absolute atomic E-state index is 0.0915. The Morgan fingerprint density at radius 2 is 1.82 bits per heavy atom. The van der Waals surface area contributed by atoms with Crippen LogP contribution in [0, 0.1) is 5.92 Å². The average Bonchev–Trinajstić information content (AvgIpc) is 3.21. The Balaban J connectivity index is 1.80. The van der Waals surface area contributed by atoms with Crippen molar-refractivity contribution in [2.24, 2.45) is 17.4 Å². The zero-order valence-corrected chi connectivity index (χ0v) is 15.8. The number of amides is 5. The van der Waals surface area contributed by atoms with Crippen molar-refractivity contribution in [3.63, 3.8) is 0 Å². The Morgan fingerprint density at radius 1 is 1.18 bits per heavy atom. The summed E-state index contributed by atoms with van der Waals surface area (Å²) >= 11 is 0. The van der Waals surface area contributed by atoms with Gasteiger partial charge in [-0.2, -0.15) is 0 Å². The molecule has 5 amide bonds. The fourth-order valence-electron chi connectivity index (χ4n) is 3.13. The zero-order chi connectivity index (χ0) is 20.8. The molecule has 1 aliphatic rings. The molecule has 1 aromatic rings. The van der Waals surface area contributed by atoms with Crippen LogP contribution in [-0.2, 0) is 16.1 Å². The summed E-state index contributed by atoms with van der Waals surface area (Å²) in [7, 11) is 0. The van der Waals surface area contributed by atoms with Gasteiger partial charge in [-0.05, 0) is 25.2 Å². The van der Waals surface area contributed by atoms with Gasteiger partial charge in [0.1, 0.15) is 18.9 Å². The molecule has 0 radical (unpaired) electrons. The van der Waals surface area contributed by atoms with Crippen LogP contribution in [0.3, 0.4) is 0 Å². The minimum Gasteiger partial charge on any atom is -0.363 e. The van der Waals surface area contributed by atoms with Gasteiger partial charge in [0.05, 0.1) is 0 Å². The number of hydrogen-bond acceptors (Lipinski definition) is 6. The van der Waals surface area contributed by atoms with E-state index >= 15 is 0 Å². The predicted octanol–water partition coefficient (Wildman–Crippen LogP) is -1.78. The van der Waals surface area contributed by atoms with Crippen molar-refractivity contribution < 1.29 is 19.2 Å². The number of nitrogens with one attached hydrogen (secondary N) is 3. The van der Waals surface area contributed by atoms with Crippen molar-refractivity contribution in [1.29, 1.82) is 0 Å². The van der Waals surface area contributed by atoms with Gasteiger partial charge < -0.3 is 27.4 Å². The summed E-state index contributed by atoms with van der Waals surface area (Å²) in [4.78, 5) is 50.3. The van der Waals surface area contributed by atoms with Crippen molar-refractivity contribution in [3.8, 4) is 0 Å². The largest absolute Gasteiger partial charge is 0.363 e. The molecule has 0 unspecified atom stereocenters. The molecule has 2 rings (SSSR count). The van der Waals surface area contributed by atoms with E-state index in [9.17, 15) is 19.2 Å². The molecule has 154 valence electrons. The second-order valence-electron chi connectivity index (χ2n) is 7.14. The topological polar surface area (TPSA) is 187 Å². The molecule has 0 aliphatic heterocycles. The third kappa shape index (κ3) is 5.93. The number of nitrogens with zero attached hydrogens (tertiary/aromatic N) is 3. The molecule has 7 N–H and O–H groups in total. The third-order valence-electron chi connectivity index (χ3n) is 4.45. The fourth-order valence-corrected chi connectivity index (χ4v) is 3.13. The number of carbonyl (C=O) groups is 4. The van der Waals surface area contributed by atoms with Crippen LogP contribution in [0.1, 0.15) is 43.7 Å². The van der Waals surface area contributed by atoms with E-state index in [1.54, 1.807) is 0 Å². The first-order valence-corrected chi connectivity index (χ1v) is 9.00. The van der Waals surface area contributed by atoms with Crippen LogP contribution in [0.2, 0.25) is 0 Å². The highest BCUT2D eigenvalue weighted by atomic mass is 16.2. The van der Waals surface area contributed by atoms with E-state index < -0.39 is 18.0 Å². The summed E-state index contributed by atoms with van der Waals surface area (Å²) in [6, 6.07) is -1.67. The summed E-state index contributed by atoms with van der Waals surface area (Å²) in [6.07, 6.45) is 3.24. The van der Waals surface area contributed by atoms with Crippen molar-refractivity contribution in [3.05, 3.63) is 12.2 Å². The Hall–Kier alpha value is -3.18. The third-order valence-corrected chi connectivity index (χ3v) is 4.45. The van der Waals surface area contributed by atoms with E-state index in [-0.39, 0.29) is 42.2 Å². The number of aromatic nitrogens is 3. The van der Waals surface area contributed by atoms with Gasteiger partial charge in [0.25, 0.3) is 5.91 Å². The highest BCUT2D eigenvalue weighted by Gasteiger charge is 2.30. The lowest BCUT2D eigenvalue weighted by molar-refractivity contribution is -0.124. The maximum absolute atomic E-state index is 12.4. The Labute approximate surface area is 161 Å². The Bertz CT molecular complexity index is 747. The molecule has 0 saturated heterocycles. The SMILES string of the molecule is CC(C)[C@H](NC(N)=O)C(=O)N[C@@H]1CC[C@H](NC(=O)Cn2cnc(C(N)=O)n2)C1. The molecule has 0 bridgehead atoms. The van der Waals surface area contributed by atoms with Crippen LogP contribution >= 0.6 is 0 Å². The first-order chi connectivity index (χ1) is 13.2. The Kier molecular flexibility index (Phi) is 6.90. The molecule has 28 heavy (non-hydrogen) atoms. The van der Waals surface area contributed by atoms with Crippen molar-refractivity contribution in [2.75, 3.05) is 0 Å². The molecule has 0 aromatic carbocycles. The van der Waals surface area contributed by atoms with Crippen LogP contribution in [-0.4, -0.2) is 56.6 Å². The molecule has 1 heterocycles. The standard InChI is InChI=1S/C16H26N8O4/c1-8(2)12(22-16(18)28)15(27)21-10-4-3-9(5-10)20-11(25)6-24-7-19-14(23-24)13(17)26/h7-10,12H,3-6H2,1-2H3,(H2,17,26)(H,20,25)(H,21,27)(H3,18,22,28)/t9-,10+,12-/m0/s1. The Morgan fingerprint density at radius 3 is 2.36 bits per heavy atom. The molecule has 1 fully saturated rings. The van der Waals surface area contributed by atoms with Crippen molar-refractivity contribution in [1.82, 2.24) is 30.7 Å². The van der Waals surface area contributed by atoms with Gasteiger partial charge in [-0.25, -0.2) is 14.5 Å². The smallest absolute Gasteiger partial charge is 0.312 e. The van der Waals surface area contributed by atoms with Gasteiger partial charge in [-0.3, -0.25) is 14.4 Å². The van der Waals surface area contributed by atoms with Gasteiger partial charge in [0.15, 0.2) is 0 Å². The number of hydrogen-bond donors (Lipinski definition) is 5. The summed E-state index contributed by atoms with van der Waals surface area (Å²) in [6.45, 7) is 3.53. The molecular weight excluding hydrogens is 368 g/mol. The minimum atomic E-state index is -0.765. The summed E-state index contributed by atoms with van der Waals surface area (Å²) < 4.78 is 1.23. The van der Waals surface area contributed by atoms with Crippen molar-refractivity contribution >= 4 is 23.8 Å². The number of rotatable bonds is 8. The molecule has 1 aliphatic carbocycles. The monoisotopic (exact) mass is 394 g/mol. The van der Waals surface area contributed by atoms with Crippen LogP contribution < -0.4 is 27.4 Å². The lowest BCUT2D eigenvalue weighted by Crippen LogP contribution is -2.53. The fraction of sp³-hybridized carbons (Fsp3) is 0.625. The van der Waals surface area contributed by atoms with Crippen LogP contribution in [0.4, 0.5) is 4.79 Å². The van der Waals surface area contributed by atoms with Crippen LogP contribution in [0.5, 0.6) is 0 Å². The van der Waals surface area contributed by atoms with Crippen molar-refractivity contribution in [2.45, 2.75) is 57.8 Å².